The number of amides is 1. The van der Waals surface area contributed by atoms with Crippen LogP contribution in [0.15, 0.2) is 41.7 Å². The average Bonchev–Trinajstić information content (AvgIpc) is 3.19. The third-order valence-corrected chi connectivity index (χ3v) is 8.75. The average molecular weight is 474 g/mol. The smallest absolute Gasteiger partial charge is 0.378 e. The van der Waals surface area contributed by atoms with Crippen molar-refractivity contribution in [2.45, 2.75) is 48.7 Å². The number of piperidine rings is 1. The van der Waals surface area contributed by atoms with Crippen LogP contribution in [0.4, 0.5) is 4.79 Å². The Morgan fingerprint density at radius 3 is 2.58 bits per heavy atom. The summed E-state index contributed by atoms with van der Waals surface area (Å²) in [5, 5.41) is 3.82. The minimum atomic E-state index is -3.43. The summed E-state index contributed by atoms with van der Waals surface area (Å²) in [6, 6.07) is 5.54. The Bertz CT molecular complexity index is 1070. The second kappa shape index (κ2) is 9.34. The molecule has 33 heavy (non-hydrogen) atoms. The predicted molar refractivity (Wildman–Crippen MR) is 117 cm³/mol. The molecule has 0 atom stereocenters. The molecule has 0 radical (unpaired) electrons. The van der Waals surface area contributed by atoms with Crippen molar-refractivity contribution in [1.29, 1.82) is 0 Å². The SMILES string of the molecule is O=C(NCc1ccc(S(=O)(=O)C2CCN(C3COC3)CC2)cn1)ON1Cc2ccncc2C1. The van der Waals surface area contributed by atoms with E-state index in [2.05, 4.69) is 20.2 Å². The lowest BCUT2D eigenvalue weighted by Crippen LogP contribution is -2.53. The number of sulfone groups is 1. The maximum Gasteiger partial charge on any atom is 0.426 e. The fourth-order valence-corrected chi connectivity index (χ4v) is 6.10. The van der Waals surface area contributed by atoms with Crippen LogP contribution in [0.3, 0.4) is 0 Å². The molecule has 5 rings (SSSR count). The summed E-state index contributed by atoms with van der Waals surface area (Å²) in [6.07, 6.45) is 5.51. The minimum absolute atomic E-state index is 0.142. The van der Waals surface area contributed by atoms with Gasteiger partial charge in [-0.15, -0.1) is 5.06 Å². The molecular weight excluding hydrogens is 446 g/mol. The molecule has 0 unspecified atom stereocenters. The first-order valence-electron chi connectivity index (χ1n) is 11.1. The molecule has 3 aliphatic rings. The Morgan fingerprint density at radius 1 is 1.12 bits per heavy atom. The van der Waals surface area contributed by atoms with E-state index in [9.17, 15) is 13.2 Å². The van der Waals surface area contributed by atoms with Crippen molar-refractivity contribution in [3.05, 3.63) is 53.6 Å². The van der Waals surface area contributed by atoms with Crippen molar-refractivity contribution in [2.24, 2.45) is 0 Å². The Morgan fingerprint density at radius 2 is 1.91 bits per heavy atom. The summed E-state index contributed by atoms with van der Waals surface area (Å²) in [6.45, 7) is 4.19. The summed E-state index contributed by atoms with van der Waals surface area (Å²) in [4.78, 5) is 28.3. The zero-order chi connectivity index (χ0) is 22.8. The molecule has 2 fully saturated rings. The lowest BCUT2D eigenvalue weighted by atomic mass is 10.1. The summed E-state index contributed by atoms with van der Waals surface area (Å²) in [5.74, 6) is 0. The highest BCUT2D eigenvalue weighted by Gasteiger charge is 2.35. The number of carbonyl (C=O) groups excluding carboxylic acids is 1. The Kier molecular flexibility index (Phi) is 6.28. The summed E-state index contributed by atoms with van der Waals surface area (Å²) >= 11 is 0. The fraction of sp³-hybridized carbons (Fsp3) is 0.500. The van der Waals surface area contributed by atoms with Crippen LogP contribution >= 0.6 is 0 Å². The van der Waals surface area contributed by atoms with Crippen molar-refractivity contribution >= 4 is 15.9 Å². The number of fused-ring (bicyclic) bond motifs is 1. The van der Waals surface area contributed by atoms with Gasteiger partial charge in [0.05, 0.1) is 54.7 Å². The van der Waals surface area contributed by atoms with Gasteiger partial charge in [0.25, 0.3) is 0 Å². The van der Waals surface area contributed by atoms with Crippen molar-refractivity contribution in [1.82, 2.24) is 25.2 Å². The molecule has 0 saturated carbocycles. The first-order valence-corrected chi connectivity index (χ1v) is 12.7. The van der Waals surface area contributed by atoms with E-state index in [4.69, 9.17) is 9.57 Å². The Labute approximate surface area is 192 Å². The van der Waals surface area contributed by atoms with Gasteiger partial charge in [0.1, 0.15) is 0 Å². The molecule has 2 saturated heterocycles. The summed E-state index contributed by atoms with van der Waals surface area (Å²) in [5.41, 5.74) is 2.67. The molecule has 10 nitrogen and oxygen atoms in total. The van der Waals surface area contributed by atoms with Crippen LogP contribution < -0.4 is 5.32 Å². The van der Waals surface area contributed by atoms with Crippen LogP contribution in [0, 0.1) is 0 Å². The van der Waals surface area contributed by atoms with E-state index in [1.807, 2.05) is 6.07 Å². The standard InChI is InChI=1S/C22H27N5O5S/c28-22(32-27-12-16-3-6-23-9-17(16)13-27)25-10-18-1-2-21(11-24-18)33(29,30)20-4-7-26(8-5-20)19-14-31-15-19/h1-3,6,9,11,19-20H,4-5,7-8,10,12-15H2,(H,25,28). The van der Waals surface area contributed by atoms with E-state index in [-0.39, 0.29) is 11.4 Å². The van der Waals surface area contributed by atoms with Gasteiger partial charge in [-0.25, -0.2) is 13.2 Å². The van der Waals surface area contributed by atoms with Gasteiger partial charge < -0.3 is 14.9 Å². The number of hydrogen-bond acceptors (Lipinski definition) is 9. The molecule has 0 spiro atoms. The Hall–Kier alpha value is -2.60. The van der Waals surface area contributed by atoms with Crippen molar-refractivity contribution in [2.75, 3.05) is 26.3 Å². The third kappa shape index (κ3) is 4.86. The van der Waals surface area contributed by atoms with E-state index in [0.717, 1.165) is 37.4 Å². The number of rotatable bonds is 6. The summed E-state index contributed by atoms with van der Waals surface area (Å²) in [7, 11) is -3.43. The first-order chi connectivity index (χ1) is 16.0. The van der Waals surface area contributed by atoms with Crippen LogP contribution in [-0.4, -0.2) is 72.0 Å². The number of pyridine rings is 2. The van der Waals surface area contributed by atoms with Crippen LogP contribution in [-0.2, 0) is 39.0 Å². The Balaban J connectivity index is 1.10. The van der Waals surface area contributed by atoms with Gasteiger partial charge >= 0.3 is 6.09 Å². The second-order valence-electron chi connectivity index (χ2n) is 8.63. The van der Waals surface area contributed by atoms with E-state index in [0.29, 0.717) is 37.7 Å². The minimum Gasteiger partial charge on any atom is -0.378 e. The van der Waals surface area contributed by atoms with Crippen molar-refractivity contribution in [3.63, 3.8) is 0 Å². The number of hydroxylamine groups is 2. The van der Waals surface area contributed by atoms with E-state index < -0.39 is 21.2 Å². The molecule has 1 amide bonds. The van der Waals surface area contributed by atoms with Gasteiger partial charge in [0, 0.05) is 18.6 Å². The van der Waals surface area contributed by atoms with Crippen LogP contribution in [0.5, 0.6) is 0 Å². The first kappa shape index (κ1) is 22.2. The zero-order valence-corrected chi connectivity index (χ0v) is 19.0. The molecule has 0 bridgehead atoms. The van der Waals surface area contributed by atoms with E-state index in [1.165, 1.54) is 6.20 Å². The van der Waals surface area contributed by atoms with Crippen molar-refractivity contribution in [3.8, 4) is 0 Å². The zero-order valence-electron chi connectivity index (χ0n) is 18.2. The predicted octanol–water partition coefficient (Wildman–Crippen LogP) is 1.27. The molecule has 3 aliphatic heterocycles. The molecule has 0 aliphatic carbocycles. The number of aromatic nitrogens is 2. The van der Waals surface area contributed by atoms with Crippen LogP contribution in [0.25, 0.3) is 0 Å². The molecule has 0 aromatic carbocycles. The quantitative estimate of drug-likeness (QED) is 0.662. The maximum atomic E-state index is 13.0. The highest BCUT2D eigenvalue weighted by molar-refractivity contribution is 7.92. The molecule has 176 valence electrons. The number of likely N-dealkylation sites (tertiary alicyclic amines) is 1. The van der Waals surface area contributed by atoms with Gasteiger partial charge in [-0.1, -0.05) is 0 Å². The van der Waals surface area contributed by atoms with Gasteiger partial charge in [-0.2, -0.15) is 0 Å². The van der Waals surface area contributed by atoms with Gasteiger partial charge in [0.2, 0.25) is 0 Å². The third-order valence-electron chi connectivity index (χ3n) is 6.50. The second-order valence-corrected chi connectivity index (χ2v) is 10.9. The van der Waals surface area contributed by atoms with Gasteiger partial charge in [0.15, 0.2) is 9.84 Å². The molecule has 2 aromatic heterocycles. The largest absolute Gasteiger partial charge is 0.426 e. The van der Waals surface area contributed by atoms with Crippen LogP contribution in [0.1, 0.15) is 29.7 Å². The number of nitrogens with zero attached hydrogens (tertiary/aromatic N) is 4. The molecule has 11 heteroatoms. The number of hydrogen-bond donors (Lipinski definition) is 1. The lowest BCUT2D eigenvalue weighted by molar-refractivity contribution is -0.106. The molecule has 1 N–H and O–H groups in total. The lowest BCUT2D eigenvalue weighted by Gasteiger charge is -2.41. The number of ether oxygens (including phenoxy) is 1. The number of nitrogens with one attached hydrogen (secondary N) is 1. The van der Waals surface area contributed by atoms with Crippen molar-refractivity contribution < 1.29 is 22.8 Å². The highest BCUT2D eigenvalue weighted by atomic mass is 32.2. The normalized spacial score (nSPS) is 20.2. The van der Waals surface area contributed by atoms with Gasteiger partial charge in [-0.05, 0) is 55.3 Å². The van der Waals surface area contributed by atoms with E-state index >= 15 is 0 Å². The fourth-order valence-electron chi connectivity index (χ4n) is 4.43. The highest BCUT2D eigenvalue weighted by Crippen LogP contribution is 2.26. The molecular formula is C22H27N5O5S. The van der Waals surface area contributed by atoms with E-state index in [1.54, 1.807) is 29.6 Å². The molecule has 2 aromatic rings. The maximum absolute atomic E-state index is 13.0. The molecule has 5 heterocycles. The monoisotopic (exact) mass is 473 g/mol. The van der Waals surface area contributed by atoms with Gasteiger partial charge in [-0.3, -0.25) is 14.9 Å². The van der Waals surface area contributed by atoms with Crippen LogP contribution in [0.2, 0.25) is 0 Å². The number of carbonyl (C=O) groups is 1. The topological polar surface area (TPSA) is 114 Å². The summed E-state index contributed by atoms with van der Waals surface area (Å²) < 4.78 is 31.3.